The Morgan fingerprint density at radius 3 is 2.40 bits per heavy atom. The number of nitrogens with zero attached hydrogens (tertiary/aromatic N) is 2. The van der Waals surface area contributed by atoms with E-state index < -0.39 is 0 Å². The molecule has 0 saturated carbocycles. The van der Waals surface area contributed by atoms with Crippen molar-refractivity contribution in [1.82, 2.24) is 4.57 Å². The third-order valence-corrected chi connectivity index (χ3v) is 3.67. The number of aliphatic imine (C=N–C) groups is 1. The van der Waals surface area contributed by atoms with Gasteiger partial charge in [-0.2, -0.15) is 0 Å². The maximum Gasteiger partial charge on any atom is 0.0772 e. The first-order valence-electron chi connectivity index (χ1n) is 6.36. The van der Waals surface area contributed by atoms with Crippen LogP contribution in [0.15, 0.2) is 82.4 Å². The standard InChI is InChI=1S/C17H13BrN2/c18-16-10-4-5-11-17(16)19-13-15-9-6-12-20(15)14-7-2-1-3-8-14/h1-13H. The zero-order chi connectivity index (χ0) is 13.8. The van der Waals surface area contributed by atoms with Gasteiger partial charge in [0.15, 0.2) is 0 Å². The van der Waals surface area contributed by atoms with Crippen molar-refractivity contribution in [3.63, 3.8) is 0 Å². The van der Waals surface area contributed by atoms with E-state index in [2.05, 4.69) is 37.6 Å². The Morgan fingerprint density at radius 1 is 0.850 bits per heavy atom. The first-order chi connectivity index (χ1) is 9.84. The summed E-state index contributed by atoms with van der Waals surface area (Å²) in [6.45, 7) is 0. The molecule has 0 aliphatic rings. The Hall–Kier alpha value is -2.13. The van der Waals surface area contributed by atoms with Crippen LogP contribution in [-0.2, 0) is 0 Å². The molecule has 20 heavy (non-hydrogen) atoms. The van der Waals surface area contributed by atoms with Crippen LogP contribution in [-0.4, -0.2) is 10.8 Å². The summed E-state index contributed by atoms with van der Waals surface area (Å²) in [5.74, 6) is 0. The van der Waals surface area contributed by atoms with Crippen molar-refractivity contribution in [3.05, 3.63) is 83.1 Å². The van der Waals surface area contributed by atoms with Gasteiger partial charge in [-0.05, 0) is 52.3 Å². The zero-order valence-electron chi connectivity index (χ0n) is 10.8. The van der Waals surface area contributed by atoms with Crippen LogP contribution < -0.4 is 0 Å². The maximum absolute atomic E-state index is 4.54. The summed E-state index contributed by atoms with van der Waals surface area (Å²) in [6, 6.07) is 22.2. The molecule has 3 heteroatoms. The second-order valence-corrected chi connectivity index (χ2v) is 5.20. The molecule has 0 unspecified atom stereocenters. The summed E-state index contributed by atoms with van der Waals surface area (Å²) in [6.07, 6.45) is 3.92. The Bertz CT molecular complexity index is 730. The molecule has 3 aromatic rings. The number of para-hydroxylation sites is 2. The molecule has 0 aliphatic carbocycles. The minimum Gasteiger partial charge on any atom is -0.316 e. The van der Waals surface area contributed by atoms with Crippen molar-refractivity contribution >= 4 is 27.8 Å². The van der Waals surface area contributed by atoms with Crippen LogP contribution in [0.2, 0.25) is 0 Å². The predicted molar refractivity (Wildman–Crippen MR) is 87.2 cm³/mol. The highest BCUT2D eigenvalue weighted by Gasteiger charge is 2.00. The van der Waals surface area contributed by atoms with E-state index in [-0.39, 0.29) is 0 Å². The molecule has 0 saturated heterocycles. The summed E-state index contributed by atoms with van der Waals surface area (Å²) in [7, 11) is 0. The molecule has 0 amide bonds. The van der Waals surface area contributed by atoms with Crippen molar-refractivity contribution in [2.24, 2.45) is 4.99 Å². The monoisotopic (exact) mass is 324 g/mol. The predicted octanol–water partition coefficient (Wildman–Crippen LogP) is 4.99. The highest BCUT2D eigenvalue weighted by Crippen LogP contribution is 2.24. The van der Waals surface area contributed by atoms with Crippen molar-refractivity contribution in [2.75, 3.05) is 0 Å². The number of hydrogen-bond donors (Lipinski definition) is 0. The van der Waals surface area contributed by atoms with E-state index in [0.29, 0.717) is 0 Å². The third-order valence-electron chi connectivity index (χ3n) is 3.00. The van der Waals surface area contributed by atoms with E-state index in [4.69, 9.17) is 0 Å². The van der Waals surface area contributed by atoms with Gasteiger partial charge in [0.1, 0.15) is 0 Å². The average Bonchev–Trinajstić information content (AvgIpc) is 2.96. The van der Waals surface area contributed by atoms with Crippen LogP contribution in [0.5, 0.6) is 0 Å². The lowest BCUT2D eigenvalue weighted by Gasteiger charge is -2.05. The van der Waals surface area contributed by atoms with Gasteiger partial charge in [-0.15, -0.1) is 0 Å². The SMILES string of the molecule is Brc1ccccc1N=Cc1cccn1-c1ccccc1. The van der Waals surface area contributed by atoms with Crippen LogP contribution in [0.1, 0.15) is 5.69 Å². The lowest BCUT2D eigenvalue weighted by atomic mass is 10.3. The Kier molecular flexibility index (Phi) is 3.79. The number of aromatic nitrogens is 1. The normalized spacial score (nSPS) is 11.1. The maximum atomic E-state index is 4.54. The van der Waals surface area contributed by atoms with Crippen LogP contribution in [0, 0.1) is 0 Å². The minimum atomic E-state index is 0.924. The van der Waals surface area contributed by atoms with E-state index >= 15 is 0 Å². The molecule has 2 nitrogen and oxygen atoms in total. The van der Waals surface area contributed by atoms with E-state index in [1.807, 2.05) is 67.0 Å². The number of benzene rings is 2. The van der Waals surface area contributed by atoms with Crippen LogP contribution >= 0.6 is 15.9 Å². The molecule has 0 atom stereocenters. The van der Waals surface area contributed by atoms with Gasteiger partial charge in [-0.25, -0.2) is 0 Å². The zero-order valence-corrected chi connectivity index (χ0v) is 12.4. The van der Waals surface area contributed by atoms with Gasteiger partial charge < -0.3 is 4.57 Å². The highest BCUT2D eigenvalue weighted by molar-refractivity contribution is 9.10. The van der Waals surface area contributed by atoms with Crippen molar-refractivity contribution in [3.8, 4) is 5.69 Å². The molecule has 0 bridgehead atoms. The second kappa shape index (κ2) is 5.88. The van der Waals surface area contributed by atoms with Gasteiger partial charge in [0.25, 0.3) is 0 Å². The van der Waals surface area contributed by atoms with E-state index in [0.717, 1.165) is 21.5 Å². The molecule has 0 fully saturated rings. The summed E-state index contributed by atoms with van der Waals surface area (Å²) < 4.78 is 3.11. The molecule has 0 radical (unpaired) electrons. The van der Waals surface area contributed by atoms with E-state index in [1.165, 1.54) is 0 Å². The van der Waals surface area contributed by atoms with Crippen molar-refractivity contribution < 1.29 is 0 Å². The second-order valence-electron chi connectivity index (χ2n) is 4.35. The van der Waals surface area contributed by atoms with Crippen molar-refractivity contribution in [2.45, 2.75) is 0 Å². The fourth-order valence-electron chi connectivity index (χ4n) is 2.02. The molecule has 3 rings (SSSR count). The van der Waals surface area contributed by atoms with Crippen LogP contribution in [0.4, 0.5) is 5.69 Å². The number of rotatable bonds is 3. The van der Waals surface area contributed by atoms with Gasteiger partial charge in [-0.1, -0.05) is 30.3 Å². The average molecular weight is 325 g/mol. The Balaban J connectivity index is 1.94. The lowest BCUT2D eigenvalue weighted by Crippen LogP contribution is -1.97. The summed E-state index contributed by atoms with van der Waals surface area (Å²) in [5, 5.41) is 0. The van der Waals surface area contributed by atoms with Crippen LogP contribution in [0.25, 0.3) is 5.69 Å². The molecule has 0 N–H and O–H groups in total. The van der Waals surface area contributed by atoms with Gasteiger partial charge in [0, 0.05) is 16.4 Å². The van der Waals surface area contributed by atoms with E-state index in [9.17, 15) is 0 Å². The molecule has 0 aliphatic heterocycles. The molecule has 98 valence electrons. The van der Waals surface area contributed by atoms with Crippen LogP contribution in [0.3, 0.4) is 0 Å². The Morgan fingerprint density at radius 2 is 1.60 bits per heavy atom. The first-order valence-corrected chi connectivity index (χ1v) is 7.15. The summed E-state index contributed by atoms with van der Waals surface area (Å²) >= 11 is 3.50. The van der Waals surface area contributed by atoms with Gasteiger partial charge in [-0.3, -0.25) is 4.99 Å². The summed E-state index contributed by atoms with van der Waals surface area (Å²) in [5.41, 5.74) is 3.10. The third kappa shape index (κ3) is 2.73. The molecule has 1 aromatic heterocycles. The van der Waals surface area contributed by atoms with Crippen molar-refractivity contribution in [1.29, 1.82) is 0 Å². The molecule has 1 heterocycles. The quantitative estimate of drug-likeness (QED) is 0.604. The topological polar surface area (TPSA) is 17.3 Å². The van der Waals surface area contributed by atoms with Gasteiger partial charge in [0.2, 0.25) is 0 Å². The largest absolute Gasteiger partial charge is 0.316 e. The highest BCUT2D eigenvalue weighted by atomic mass is 79.9. The first kappa shape index (κ1) is 12.9. The van der Waals surface area contributed by atoms with Gasteiger partial charge >= 0.3 is 0 Å². The number of hydrogen-bond acceptors (Lipinski definition) is 1. The summed E-state index contributed by atoms with van der Waals surface area (Å²) in [4.78, 5) is 4.54. The molecule has 0 spiro atoms. The molecule has 2 aromatic carbocycles. The van der Waals surface area contributed by atoms with E-state index in [1.54, 1.807) is 0 Å². The lowest BCUT2D eigenvalue weighted by molar-refractivity contribution is 1.07. The Labute approximate surface area is 126 Å². The minimum absolute atomic E-state index is 0.924. The molecular weight excluding hydrogens is 312 g/mol. The smallest absolute Gasteiger partial charge is 0.0772 e. The molecular formula is C17H13BrN2. The van der Waals surface area contributed by atoms with Gasteiger partial charge in [0.05, 0.1) is 17.6 Å². The fourth-order valence-corrected chi connectivity index (χ4v) is 2.40. The number of halogens is 1. The fraction of sp³-hybridized carbons (Fsp3) is 0.